The van der Waals surface area contributed by atoms with Gasteiger partial charge in [-0.05, 0) is 37.1 Å². The second kappa shape index (κ2) is 5.73. The van der Waals surface area contributed by atoms with Crippen molar-refractivity contribution in [2.45, 2.75) is 18.9 Å². The average molecular weight is 250 g/mol. The number of methoxy groups -OCH3 is 1. The van der Waals surface area contributed by atoms with Crippen LogP contribution in [0.3, 0.4) is 0 Å². The Hall–Kier alpha value is -1.75. The van der Waals surface area contributed by atoms with Crippen LogP contribution < -0.4 is 10.1 Å². The van der Waals surface area contributed by atoms with E-state index in [4.69, 9.17) is 9.84 Å². The predicted octanol–water partition coefficient (Wildman–Crippen LogP) is 1.68. The van der Waals surface area contributed by atoms with Crippen LogP contribution in [-0.4, -0.2) is 42.3 Å². The van der Waals surface area contributed by atoms with Crippen molar-refractivity contribution >= 4 is 11.7 Å². The molecule has 18 heavy (non-hydrogen) atoms. The summed E-state index contributed by atoms with van der Waals surface area (Å²) in [4.78, 5) is 13.7. The van der Waals surface area contributed by atoms with E-state index in [1.54, 1.807) is 36.3 Å². The lowest BCUT2D eigenvalue weighted by molar-refractivity contribution is 0.185. The molecule has 1 aliphatic rings. The molecular weight excluding hydrogens is 232 g/mol. The monoisotopic (exact) mass is 250 g/mol. The molecule has 0 heterocycles. The quantitative estimate of drug-likeness (QED) is 0.835. The van der Waals surface area contributed by atoms with Crippen LogP contribution in [0.5, 0.6) is 5.75 Å². The maximum Gasteiger partial charge on any atom is 0.322 e. The normalized spacial score (nSPS) is 14.1. The number of ether oxygens (including phenoxy) is 1. The molecule has 0 aliphatic heterocycles. The zero-order valence-electron chi connectivity index (χ0n) is 10.4. The number of hydrogen-bond acceptors (Lipinski definition) is 3. The summed E-state index contributed by atoms with van der Waals surface area (Å²) in [5.41, 5.74) is 0.726. The van der Waals surface area contributed by atoms with E-state index in [1.165, 1.54) is 0 Å². The fourth-order valence-electron chi connectivity index (χ4n) is 1.81. The molecule has 0 saturated heterocycles. The number of hydrogen-bond donors (Lipinski definition) is 2. The Labute approximate surface area is 106 Å². The van der Waals surface area contributed by atoms with E-state index in [0.717, 1.165) is 24.3 Å². The summed E-state index contributed by atoms with van der Waals surface area (Å²) in [5, 5.41) is 11.8. The summed E-state index contributed by atoms with van der Waals surface area (Å²) in [6.07, 6.45) is 2.05. The molecule has 0 radical (unpaired) electrons. The van der Waals surface area contributed by atoms with Crippen LogP contribution in [0.1, 0.15) is 12.8 Å². The number of aliphatic hydroxyl groups excluding tert-OH is 1. The van der Waals surface area contributed by atoms with Gasteiger partial charge in [-0.3, -0.25) is 0 Å². The van der Waals surface area contributed by atoms with E-state index in [1.807, 2.05) is 0 Å². The van der Waals surface area contributed by atoms with Crippen LogP contribution >= 0.6 is 0 Å². The first-order valence-corrected chi connectivity index (χ1v) is 6.07. The van der Waals surface area contributed by atoms with Gasteiger partial charge in [0.1, 0.15) is 5.75 Å². The van der Waals surface area contributed by atoms with Gasteiger partial charge in [0.2, 0.25) is 0 Å². The van der Waals surface area contributed by atoms with E-state index < -0.39 is 0 Å². The lowest BCUT2D eigenvalue weighted by atomic mass is 10.3. The minimum atomic E-state index is -0.156. The Morgan fingerprint density at radius 1 is 1.44 bits per heavy atom. The lowest BCUT2D eigenvalue weighted by Crippen LogP contribution is -2.38. The summed E-state index contributed by atoms with van der Waals surface area (Å²) >= 11 is 0. The molecular formula is C13H18N2O3. The summed E-state index contributed by atoms with van der Waals surface area (Å²) < 4.78 is 5.05. The standard InChI is InChI=1S/C13H18N2O3/c1-18-12-6-2-10(3-7-12)14-13(17)15(8-9-16)11-4-5-11/h2-3,6-7,11,16H,4-5,8-9H2,1H3,(H,14,17). The van der Waals surface area contributed by atoms with Crippen molar-refractivity contribution in [1.29, 1.82) is 0 Å². The van der Waals surface area contributed by atoms with Crippen molar-refractivity contribution in [2.24, 2.45) is 0 Å². The summed E-state index contributed by atoms with van der Waals surface area (Å²) in [6, 6.07) is 7.31. The highest BCUT2D eigenvalue weighted by atomic mass is 16.5. The molecule has 0 unspecified atom stereocenters. The van der Waals surface area contributed by atoms with Crippen molar-refractivity contribution in [3.63, 3.8) is 0 Å². The van der Waals surface area contributed by atoms with Crippen molar-refractivity contribution in [2.75, 3.05) is 25.6 Å². The second-order valence-electron chi connectivity index (χ2n) is 4.31. The van der Waals surface area contributed by atoms with Gasteiger partial charge in [-0.25, -0.2) is 4.79 Å². The maximum atomic E-state index is 12.0. The Morgan fingerprint density at radius 2 is 2.11 bits per heavy atom. The molecule has 0 bridgehead atoms. The summed E-state index contributed by atoms with van der Waals surface area (Å²) in [7, 11) is 1.60. The van der Waals surface area contributed by atoms with Crippen LogP contribution in [0.2, 0.25) is 0 Å². The van der Waals surface area contributed by atoms with Gasteiger partial charge >= 0.3 is 6.03 Å². The van der Waals surface area contributed by atoms with Crippen molar-refractivity contribution in [3.8, 4) is 5.75 Å². The number of anilines is 1. The van der Waals surface area contributed by atoms with Crippen LogP contribution in [0.4, 0.5) is 10.5 Å². The molecule has 2 amide bonds. The molecule has 5 heteroatoms. The van der Waals surface area contributed by atoms with Crippen molar-refractivity contribution in [1.82, 2.24) is 4.90 Å². The number of rotatable bonds is 5. The van der Waals surface area contributed by atoms with E-state index in [0.29, 0.717) is 6.54 Å². The number of carbonyl (C=O) groups is 1. The first-order valence-electron chi connectivity index (χ1n) is 6.07. The van der Waals surface area contributed by atoms with Gasteiger partial charge in [-0.2, -0.15) is 0 Å². The maximum absolute atomic E-state index is 12.0. The van der Waals surface area contributed by atoms with E-state index in [-0.39, 0.29) is 18.7 Å². The number of benzene rings is 1. The topological polar surface area (TPSA) is 61.8 Å². The second-order valence-corrected chi connectivity index (χ2v) is 4.31. The van der Waals surface area contributed by atoms with Gasteiger partial charge in [0.25, 0.3) is 0 Å². The number of nitrogens with one attached hydrogen (secondary N) is 1. The van der Waals surface area contributed by atoms with Gasteiger partial charge in [0.15, 0.2) is 0 Å². The summed E-state index contributed by atoms with van der Waals surface area (Å²) in [5.74, 6) is 0.752. The molecule has 2 N–H and O–H groups in total. The molecule has 5 nitrogen and oxygen atoms in total. The Bertz CT molecular complexity index is 401. The number of urea groups is 1. The zero-order chi connectivity index (χ0) is 13.0. The largest absolute Gasteiger partial charge is 0.497 e. The van der Waals surface area contributed by atoms with Gasteiger partial charge in [0, 0.05) is 18.3 Å². The molecule has 0 spiro atoms. The molecule has 2 rings (SSSR count). The highest BCUT2D eigenvalue weighted by Crippen LogP contribution is 2.27. The Balaban J connectivity index is 1.95. The minimum Gasteiger partial charge on any atom is -0.497 e. The number of carbonyl (C=O) groups excluding carboxylic acids is 1. The lowest BCUT2D eigenvalue weighted by Gasteiger charge is -2.21. The van der Waals surface area contributed by atoms with Crippen LogP contribution in [0.25, 0.3) is 0 Å². The first-order chi connectivity index (χ1) is 8.74. The molecule has 1 aliphatic carbocycles. The molecule has 1 aromatic rings. The highest BCUT2D eigenvalue weighted by molar-refractivity contribution is 5.89. The Kier molecular flexibility index (Phi) is 4.04. The van der Waals surface area contributed by atoms with Gasteiger partial charge in [-0.15, -0.1) is 0 Å². The van der Waals surface area contributed by atoms with Crippen LogP contribution in [0, 0.1) is 0 Å². The fourth-order valence-corrected chi connectivity index (χ4v) is 1.81. The van der Waals surface area contributed by atoms with Crippen LogP contribution in [0.15, 0.2) is 24.3 Å². The van der Waals surface area contributed by atoms with E-state index >= 15 is 0 Å². The van der Waals surface area contributed by atoms with Crippen LogP contribution in [-0.2, 0) is 0 Å². The molecule has 1 saturated carbocycles. The van der Waals surface area contributed by atoms with Gasteiger partial charge in [0.05, 0.1) is 13.7 Å². The molecule has 1 fully saturated rings. The molecule has 0 aromatic heterocycles. The zero-order valence-corrected chi connectivity index (χ0v) is 10.4. The average Bonchev–Trinajstić information content (AvgIpc) is 3.21. The third-order valence-corrected chi connectivity index (χ3v) is 2.93. The third kappa shape index (κ3) is 3.13. The smallest absolute Gasteiger partial charge is 0.322 e. The van der Waals surface area contributed by atoms with Gasteiger partial charge in [-0.1, -0.05) is 0 Å². The van der Waals surface area contributed by atoms with Crippen molar-refractivity contribution in [3.05, 3.63) is 24.3 Å². The summed E-state index contributed by atoms with van der Waals surface area (Å²) in [6.45, 7) is 0.374. The predicted molar refractivity (Wildman–Crippen MR) is 68.8 cm³/mol. The van der Waals surface area contributed by atoms with E-state index in [2.05, 4.69) is 5.32 Å². The number of nitrogens with zero attached hydrogens (tertiary/aromatic N) is 1. The fraction of sp³-hybridized carbons (Fsp3) is 0.462. The van der Waals surface area contributed by atoms with Gasteiger partial charge < -0.3 is 20.1 Å². The number of amides is 2. The Morgan fingerprint density at radius 3 is 2.61 bits per heavy atom. The third-order valence-electron chi connectivity index (χ3n) is 2.93. The highest BCUT2D eigenvalue weighted by Gasteiger charge is 2.32. The van der Waals surface area contributed by atoms with Crippen molar-refractivity contribution < 1.29 is 14.6 Å². The molecule has 0 atom stereocenters. The minimum absolute atomic E-state index is 0.00741. The molecule has 98 valence electrons. The number of aliphatic hydroxyl groups is 1. The molecule has 1 aromatic carbocycles. The van der Waals surface area contributed by atoms with E-state index in [9.17, 15) is 4.79 Å². The SMILES string of the molecule is COc1ccc(NC(=O)N(CCO)C2CC2)cc1. The first kappa shape index (κ1) is 12.7.